The molecule has 18 heavy (non-hydrogen) atoms. The third-order valence-electron chi connectivity index (χ3n) is 2.43. The first-order valence-corrected chi connectivity index (χ1v) is 6.21. The highest BCUT2D eigenvalue weighted by Gasteiger charge is 2.15. The molecule has 0 aliphatic rings. The number of para-hydroxylation sites is 1. The van der Waals surface area contributed by atoms with Crippen LogP contribution in [0.15, 0.2) is 35.1 Å². The molecule has 0 bridgehead atoms. The molecule has 4 nitrogen and oxygen atoms in total. The van der Waals surface area contributed by atoms with E-state index in [0.717, 1.165) is 5.69 Å². The fourth-order valence-corrected chi connectivity index (χ4v) is 2.15. The summed E-state index contributed by atoms with van der Waals surface area (Å²) < 4.78 is 0.599. The van der Waals surface area contributed by atoms with E-state index in [4.69, 9.17) is 16.9 Å². The predicted octanol–water partition coefficient (Wildman–Crippen LogP) is 3.53. The minimum Gasteiger partial charge on any atom is -0.327 e. The number of anilines is 2. The zero-order valence-corrected chi connectivity index (χ0v) is 11.8. The number of nitriles is 1. The van der Waals surface area contributed by atoms with Crippen LogP contribution in [0.5, 0.6) is 0 Å². The summed E-state index contributed by atoms with van der Waals surface area (Å²) in [6.07, 6.45) is 1.38. The van der Waals surface area contributed by atoms with Crippen molar-refractivity contribution in [3.8, 4) is 6.07 Å². The molecule has 2 aromatic rings. The van der Waals surface area contributed by atoms with E-state index in [9.17, 15) is 0 Å². The van der Waals surface area contributed by atoms with Crippen molar-refractivity contribution in [2.45, 2.75) is 0 Å². The standard InChI is InChI=1S/C12H8BrClN4/c1-18(9-5-3-2-4-8(9)6-15)12-10(13)11(14)16-7-17-12/h2-5,7H,1H3. The Hall–Kier alpha value is -1.64. The second-order valence-electron chi connectivity index (χ2n) is 3.49. The molecule has 0 fully saturated rings. The van der Waals surface area contributed by atoms with Gasteiger partial charge in [0.1, 0.15) is 17.5 Å². The maximum atomic E-state index is 9.09. The molecule has 6 heteroatoms. The molecule has 0 aliphatic heterocycles. The molecule has 0 aliphatic carbocycles. The van der Waals surface area contributed by atoms with Crippen LogP contribution in [0.1, 0.15) is 5.56 Å². The molecule has 90 valence electrons. The van der Waals surface area contributed by atoms with E-state index in [1.807, 2.05) is 25.2 Å². The number of hydrogen-bond donors (Lipinski definition) is 0. The lowest BCUT2D eigenvalue weighted by molar-refractivity contribution is 1.06. The van der Waals surface area contributed by atoms with Crippen LogP contribution in [0.3, 0.4) is 0 Å². The molecule has 0 N–H and O–H groups in total. The third kappa shape index (κ3) is 2.30. The van der Waals surface area contributed by atoms with Gasteiger partial charge in [0.05, 0.1) is 15.7 Å². The molecule has 1 heterocycles. The van der Waals surface area contributed by atoms with Gasteiger partial charge in [-0.3, -0.25) is 0 Å². The number of benzene rings is 1. The van der Waals surface area contributed by atoms with Gasteiger partial charge in [-0.05, 0) is 28.1 Å². The Morgan fingerprint density at radius 2 is 2.06 bits per heavy atom. The van der Waals surface area contributed by atoms with Crippen molar-refractivity contribution < 1.29 is 0 Å². The number of aromatic nitrogens is 2. The van der Waals surface area contributed by atoms with Crippen LogP contribution in [-0.2, 0) is 0 Å². The van der Waals surface area contributed by atoms with E-state index in [1.165, 1.54) is 6.33 Å². The maximum Gasteiger partial charge on any atom is 0.152 e. The molecule has 2 rings (SSSR count). The van der Waals surface area contributed by atoms with Crippen LogP contribution in [0.25, 0.3) is 0 Å². The first-order valence-electron chi connectivity index (χ1n) is 5.04. The van der Waals surface area contributed by atoms with Gasteiger partial charge < -0.3 is 4.90 Å². The van der Waals surface area contributed by atoms with Crippen LogP contribution in [0.4, 0.5) is 11.5 Å². The van der Waals surface area contributed by atoms with Crippen molar-refractivity contribution in [2.24, 2.45) is 0 Å². The van der Waals surface area contributed by atoms with Crippen LogP contribution >= 0.6 is 27.5 Å². The molecule has 1 aromatic carbocycles. The van der Waals surface area contributed by atoms with E-state index >= 15 is 0 Å². The summed E-state index contributed by atoms with van der Waals surface area (Å²) in [7, 11) is 1.82. The third-order valence-corrected chi connectivity index (χ3v) is 3.68. The normalized spacial score (nSPS) is 9.89. The number of halogens is 2. The van der Waals surface area contributed by atoms with Crippen molar-refractivity contribution in [3.63, 3.8) is 0 Å². The van der Waals surface area contributed by atoms with Gasteiger partial charge >= 0.3 is 0 Å². The summed E-state index contributed by atoms with van der Waals surface area (Å²) >= 11 is 9.27. The summed E-state index contributed by atoms with van der Waals surface area (Å²) in [6, 6.07) is 9.43. The maximum absolute atomic E-state index is 9.09. The van der Waals surface area contributed by atoms with Crippen molar-refractivity contribution in [2.75, 3.05) is 11.9 Å². The minimum atomic E-state index is 0.335. The highest BCUT2D eigenvalue weighted by molar-refractivity contribution is 9.10. The van der Waals surface area contributed by atoms with Gasteiger partial charge in [0.25, 0.3) is 0 Å². The first kappa shape index (κ1) is 12.8. The SMILES string of the molecule is CN(c1ccccc1C#N)c1ncnc(Cl)c1Br. The molecule has 0 saturated heterocycles. The topological polar surface area (TPSA) is 52.8 Å². The lowest BCUT2D eigenvalue weighted by atomic mass is 10.2. The second-order valence-corrected chi connectivity index (χ2v) is 4.64. The average molecular weight is 324 g/mol. The van der Waals surface area contributed by atoms with Gasteiger partial charge in [0.15, 0.2) is 5.82 Å². The summed E-state index contributed by atoms with van der Waals surface area (Å²) in [5.41, 5.74) is 1.33. The van der Waals surface area contributed by atoms with Gasteiger partial charge in [0, 0.05) is 7.05 Å². The molecule has 0 saturated carbocycles. The van der Waals surface area contributed by atoms with Gasteiger partial charge in [0.2, 0.25) is 0 Å². The second kappa shape index (κ2) is 5.34. The Morgan fingerprint density at radius 3 is 2.78 bits per heavy atom. The van der Waals surface area contributed by atoms with Gasteiger partial charge in [-0.1, -0.05) is 23.7 Å². The lowest BCUT2D eigenvalue weighted by Gasteiger charge is -2.20. The summed E-state index contributed by atoms with van der Waals surface area (Å²) in [5.74, 6) is 0.609. The summed E-state index contributed by atoms with van der Waals surface area (Å²) in [6.45, 7) is 0. The van der Waals surface area contributed by atoms with E-state index < -0.39 is 0 Å². The number of hydrogen-bond acceptors (Lipinski definition) is 4. The van der Waals surface area contributed by atoms with Crippen LogP contribution in [-0.4, -0.2) is 17.0 Å². The van der Waals surface area contributed by atoms with Crippen molar-refractivity contribution in [1.29, 1.82) is 5.26 Å². The monoisotopic (exact) mass is 322 g/mol. The fourth-order valence-electron chi connectivity index (χ4n) is 1.55. The smallest absolute Gasteiger partial charge is 0.152 e. The Labute approximate surface area is 118 Å². The Bertz CT molecular complexity index is 624. The zero-order chi connectivity index (χ0) is 13.1. The number of nitrogens with zero attached hydrogens (tertiary/aromatic N) is 4. The highest BCUT2D eigenvalue weighted by atomic mass is 79.9. The fraction of sp³-hybridized carbons (Fsp3) is 0.0833. The molecule has 0 atom stereocenters. The van der Waals surface area contributed by atoms with Gasteiger partial charge in [-0.25, -0.2) is 9.97 Å². The Morgan fingerprint density at radius 1 is 1.33 bits per heavy atom. The molecule has 0 amide bonds. The summed E-state index contributed by atoms with van der Waals surface area (Å²) in [4.78, 5) is 9.83. The molecular formula is C12H8BrClN4. The van der Waals surface area contributed by atoms with Crippen LogP contribution < -0.4 is 4.90 Å². The molecule has 0 unspecified atom stereocenters. The van der Waals surface area contributed by atoms with E-state index in [1.54, 1.807) is 11.0 Å². The summed E-state index contributed by atoms with van der Waals surface area (Å²) in [5, 5.41) is 9.43. The largest absolute Gasteiger partial charge is 0.327 e. The van der Waals surface area contributed by atoms with E-state index in [0.29, 0.717) is 21.0 Å². The molecule has 0 spiro atoms. The van der Waals surface area contributed by atoms with Gasteiger partial charge in [-0.2, -0.15) is 5.26 Å². The predicted molar refractivity (Wildman–Crippen MR) is 74.0 cm³/mol. The average Bonchev–Trinajstić information content (AvgIpc) is 2.41. The van der Waals surface area contributed by atoms with E-state index in [2.05, 4.69) is 32.0 Å². The quantitative estimate of drug-likeness (QED) is 0.793. The minimum absolute atomic E-state index is 0.335. The molecule has 1 aromatic heterocycles. The van der Waals surface area contributed by atoms with Crippen LogP contribution in [0.2, 0.25) is 5.15 Å². The van der Waals surface area contributed by atoms with Crippen molar-refractivity contribution in [1.82, 2.24) is 9.97 Å². The van der Waals surface area contributed by atoms with Crippen molar-refractivity contribution in [3.05, 3.63) is 45.8 Å². The molecular weight excluding hydrogens is 316 g/mol. The lowest BCUT2D eigenvalue weighted by Crippen LogP contribution is -2.13. The van der Waals surface area contributed by atoms with E-state index in [-0.39, 0.29) is 0 Å². The highest BCUT2D eigenvalue weighted by Crippen LogP contribution is 2.33. The Balaban J connectivity index is 2.52. The zero-order valence-electron chi connectivity index (χ0n) is 9.43. The Kier molecular flexibility index (Phi) is 3.80. The van der Waals surface area contributed by atoms with Crippen LogP contribution in [0, 0.1) is 11.3 Å². The molecule has 0 radical (unpaired) electrons. The van der Waals surface area contributed by atoms with Crippen molar-refractivity contribution >= 4 is 39.0 Å². The first-order chi connectivity index (χ1) is 8.65. The number of rotatable bonds is 2. The van der Waals surface area contributed by atoms with Gasteiger partial charge in [-0.15, -0.1) is 0 Å².